The van der Waals surface area contributed by atoms with Crippen LogP contribution in [-0.2, 0) is 6.54 Å². The van der Waals surface area contributed by atoms with Crippen molar-refractivity contribution in [2.24, 2.45) is 0 Å². The quantitative estimate of drug-likeness (QED) is 0.828. The van der Waals surface area contributed by atoms with E-state index in [1.807, 2.05) is 6.07 Å². The van der Waals surface area contributed by atoms with Gasteiger partial charge in [0.2, 0.25) is 0 Å². The van der Waals surface area contributed by atoms with Crippen LogP contribution in [0.1, 0.15) is 11.1 Å². The van der Waals surface area contributed by atoms with Crippen LogP contribution in [0.4, 0.5) is 5.69 Å². The number of methoxy groups -OCH3 is 1. The van der Waals surface area contributed by atoms with Crippen LogP contribution in [0, 0.1) is 6.92 Å². The molecule has 0 aliphatic rings. The van der Waals surface area contributed by atoms with Gasteiger partial charge in [-0.25, -0.2) is 0 Å². The van der Waals surface area contributed by atoms with Crippen molar-refractivity contribution < 1.29 is 4.74 Å². The molecule has 0 spiro atoms. The van der Waals surface area contributed by atoms with E-state index in [2.05, 4.69) is 71.2 Å². The van der Waals surface area contributed by atoms with Crippen molar-refractivity contribution in [3.05, 3.63) is 58.1 Å². The lowest BCUT2D eigenvalue weighted by atomic mass is 10.1. The second-order valence-corrected chi connectivity index (χ2v) is 5.52. The van der Waals surface area contributed by atoms with Crippen LogP contribution < -0.4 is 9.64 Å². The molecule has 0 radical (unpaired) electrons. The van der Waals surface area contributed by atoms with Gasteiger partial charge in [-0.2, -0.15) is 0 Å². The molecule has 0 saturated heterocycles. The third-order valence-corrected chi connectivity index (χ3v) is 3.70. The maximum atomic E-state index is 5.24. The van der Waals surface area contributed by atoms with E-state index in [1.54, 1.807) is 7.11 Å². The Morgan fingerprint density at radius 3 is 2.58 bits per heavy atom. The van der Waals surface area contributed by atoms with Gasteiger partial charge in [0.05, 0.1) is 11.6 Å². The summed E-state index contributed by atoms with van der Waals surface area (Å²) in [5.74, 6) is 0.863. The van der Waals surface area contributed by atoms with E-state index in [9.17, 15) is 0 Å². The van der Waals surface area contributed by atoms with Crippen LogP contribution in [-0.4, -0.2) is 14.2 Å². The molecule has 0 fully saturated rings. The minimum absolute atomic E-state index is 0.863. The molecule has 2 nitrogen and oxygen atoms in total. The van der Waals surface area contributed by atoms with E-state index in [-0.39, 0.29) is 0 Å². The van der Waals surface area contributed by atoms with Gasteiger partial charge < -0.3 is 9.64 Å². The molecule has 2 aromatic carbocycles. The topological polar surface area (TPSA) is 12.5 Å². The minimum atomic E-state index is 0.863. The molecule has 2 rings (SSSR count). The molecule has 0 atom stereocenters. The summed E-state index contributed by atoms with van der Waals surface area (Å²) in [7, 11) is 3.78. The summed E-state index contributed by atoms with van der Waals surface area (Å²) >= 11 is 3.52. The molecule has 100 valence electrons. The van der Waals surface area contributed by atoms with Gasteiger partial charge in [0.15, 0.2) is 0 Å². The van der Waals surface area contributed by atoms with Crippen molar-refractivity contribution >= 4 is 21.6 Å². The summed E-state index contributed by atoms with van der Waals surface area (Å²) in [6.07, 6.45) is 0. The largest absolute Gasteiger partial charge is 0.496 e. The molecule has 0 bridgehead atoms. The Hall–Kier alpha value is -1.48. The molecule has 0 N–H and O–H groups in total. The highest BCUT2D eigenvalue weighted by molar-refractivity contribution is 9.10. The SMILES string of the molecule is COc1ccc(CN(C)c2cccc(C)c2)cc1Br. The average molecular weight is 320 g/mol. The first-order valence-electron chi connectivity index (χ1n) is 6.20. The van der Waals surface area contributed by atoms with Crippen molar-refractivity contribution in [3.63, 3.8) is 0 Å². The molecular weight excluding hydrogens is 302 g/mol. The maximum absolute atomic E-state index is 5.24. The fourth-order valence-corrected chi connectivity index (χ4v) is 2.63. The number of rotatable bonds is 4. The third-order valence-electron chi connectivity index (χ3n) is 3.08. The molecule has 0 aliphatic heterocycles. The molecule has 0 saturated carbocycles. The highest BCUT2D eigenvalue weighted by Gasteiger charge is 2.05. The molecule has 0 aliphatic carbocycles. The smallest absolute Gasteiger partial charge is 0.133 e. The Morgan fingerprint density at radius 1 is 1.16 bits per heavy atom. The second kappa shape index (κ2) is 6.11. The Balaban J connectivity index is 2.14. The van der Waals surface area contributed by atoms with Crippen LogP contribution >= 0.6 is 15.9 Å². The predicted molar refractivity (Wildman–Crippen MR) is 84.0 cm³/mol. The lowest BCUT2D eigenvalue weighted by molar-refractivity contribution is 0.412. The maximum Gasteiger partial charge on any atom is 0.133 e. The van der Waals surface area contributed by atoms with Crippen LogP contribution in [0.25, 0.3) is 0 Å². The number of hydrogen-bond donors (Lipinski definition) is 0. The lowest BCUT2D eigenvalue weighted by Crippen LogP contribution is -2.16. The summed E-state index contributed by atoms with van der Waals surface area (Å²) in [4.78, 5) is 2.24. The number of anilines is 1. The molecular formula is C16H18BrNO. The monoisotopic (exact) mass is 319 g/mol. The van der Waals surface area contributed by atoms with Crippen molar-refractivity contribution in [1.82, 2.24) is 0 Å². The fraction of sp³-hybridized carbons (Fsp3) is 0.250. The van der Waals surface area contributed by atoms with Crippen molar-refractivity contribution in [2.75, 3.05) is 19.1 Å². The summed E-state index contributed by atoms with van der Waals surface area (Å²) in [5.41, 5.74) is 3.75. The van der Waals surface area contributed by atoms with E-state index >= 15 is 0 Å². The zero-order valence-corrected chi connectivity index (χ0v) is 13.1. The first kappa shape index (κ1) is 13.9. The van der Waals surface area contributed by atoms with Crippen LogP contribution in [0.5, 0.6) is 5.75 Å². The third kappa shape index (κ3) is 3.51. The van der Waals surface area contributed by atoms with Gasteiger partial charge in [-0.05, 0) is 58.2 Å². The van der Waals surface area contributed by atoms with E-state index in [0.717, 1.165) is 16.8 Å². The van der Waals surface area contributed by atoms with Crippen LogP contribution in [0.2, 0.25) is 0 Å². The molecule has 19 heavy (non-hydrogen) atoms. The number of halogens is 1. The number of ether oxygens (including phenoxy) is 1. The van der Waals surface area contributed by atoms with E-state index in [4.69, 9.17) is 4.74 Å². The summed E-state index contributed by atoms with van der Waals surface area (Å²) in [5, 5.41) is 0. The van der Waals surface area contributed by atoms with Crippen molar-refractivity contribution in [2.45, 2.75) is 13.5 Å². The molecule has 3 heteroatoms. The van der Waals surface area contributed by atoms with Gasteiger partial charge >= 0.3 is 0 Å². The Bertz CT molecular complexity index is 568. The van der Waals surface area contributed by atoms with Crippen molar-refractivity contribution in [1.29, 1.82) is 0 Å². The van der Waals surface area contributed by atoms with Crippen LogP contribution in [0.15, 0.2) is 46.9 Å². The van der Waals surface area contributed by atoms with Gasteiger partial charge in [0, 0.05) is 19.3 Å². The fourth-order valence-electron chi connectivity index (χ4n) is 2.04. The highest BCUT2D eigenvalue weighted by atomic mass is 79.9. The van der Waals surface area contributed by atoms with Gasteiger partial charge in [-0.3, -0.25) is 0 Å². The number of benzene rings is 2. The van der Waals surface area contributed by atoms with E-state index in [1.165, 1.54) is 16.8 Å². The van der Waals surface area contributed by atoms with Crippen molar-refractivity contribution in [3.8, 4) is 5.75 Å². The average Bonchev–Trinajstić information content (AvgIpc) is 2.39. The molecule has 2 aromatic rings. The Labute approximate surface area is 123 Å². The zero-order chi connectivity index (χ0) is 13.8. The first-order chi connectivity index (χ1) is 9.10. The normalized spacial score (nSPS) is 10.3. The summed E-state index contributed by atoms with van der Waals surface area (Å²) in [6, 6.07) is 14.7. The predicted octanol–water partition coefficient (Wildman–Crippen LogP) is 4.40. The van der Waals surface area contributed by atoms with E-state index in [0.29, 0.717) is 0 Å². The summed E-state index contributed by atoms with van der Waals surface area (Å²) in [6.45, 7) is 2.98. The van der Waals surface area contributed by atoms with Crippen LogP contribution in [0.3, 0.4) is 0 Å². The number of nitrogens with zero attached hydrogens (tertiary/aromatic N) is 1. The first-order valence-corrected chi connectivity index (χ1v) is 6.99. The van der Waals surface area contributed by atoms with E-state index < -0.39 is 0 Å². The Kier molecular flexibility index (Phi) is 4.48. The lowest BCUT2D eigenvalue weighted by Gasteiger charge is -2.20. The minimum Gasteiger partial charge on any atom is -0.496 e. The second-order valence-electron chi connectivity index (χ2n) is 4.66. The molecule has 0 aromatic heterocycles. The highest BCUT2D eigenvalue weighted by Crippen LogP contribution is 2.26. The summed E-state index contributed by atoms with van der Waals surface area (Å²) < 4.78 is 6.24. The van der Waals surface area contributed by atoms with Gasteiger partial charge in [0.25, 0.3) is 0 Å². The van der Waals surface area contributed by atoms with Gasteiger partial charge in [-0.1, -0.05) is 18.2 Å². The van der Waals surface area contributed by atoms with Gasteiger partial charge in [-0.15, -0.1) is 0 Å². The number of aryl methyl sites for hydroxylation is 1. The van der Waals surface area contributed by atoms with Gasteiger partial charge in [0.1, 0.15) is 5.75 Å². The zero-order valence-electron chi connectivity index (χ0n) is 11.5. The standard InChI is InChI=1S/C16H18BrNO/c1-12-5-4-6-14(9-12)18(2)11-13-7-8-16(19-3)15(17)10-13/h4-10H,11H2,1-3H3. The Morgan fingerprint density at radius 2 is 1.95 bits per heavy atom. The molecule has 0 unspecified atom stereocenters. The molecule has 0 amide bonds. The number of hydrogen-bond acceptors (Lipinski definition) is 2. The molecule has 0 heterocycles.